The molecule has 8 heteroatoms. The molecule has 1 aromatic heterocycles. The fraction of sp³-hybridized carbons (Fsp3) is 0.400. The third kappa shape index (κ3) is 5.68. The molecule has 1 amide bonds. The average Bonchev–Trinajstić information content (AvgIpc) is 3.25. The standard InChI is InChI=1S/C25H28F3N3O2/c1-33-21-7-4-5-18(15-21)9-12-30-13-10-19(11-14-30)17-31(25(26,27)28)24(32)23-16-20-6-2-3-8-22(20)29-23/h2-8,15-16,19,29H,9-14,17H2,1H3. The third-order valence-corrected chi connectivity index (χ3v) is 6.31. The van der Waals surface area contributed by atoms with E-state index in [1.807, 2.05) is 24.3 Å². The second-order valence-electron chi connectivity index (χ2n) is 8.54. The molecule has 1 saturated heterocycles. The van der Waals surface area contributed by atoms with Gasteiger partial charge in [0.15, 0.2) is 0 Å². The van der Waals surface area contributed by atoms with Crippen LogP contribution in [0.2, 0.25) is 0 Å². The molecule has 0 radical (unpaired) electrons. The first-order valence-electron chi connectivity index (χ1n) is 11.1. The summed E-state index contributed by atoms with van der Waals surface area (Å²) in [7, 11) is 1.64. The zero-order valence-electron chi connectivity index (χ0n) is 18.6. The average molecular weight is 460 g/mol. The van der Waals surface area contributed by atoms with E-state index in [4.69, 9.17) is 4.74 Å². The molecule has 5 nitrogen and oxygen atoms in total. The van der Waals surface area contributed by atoms with Gasteiger partial charge in [-0.25, -0.2) is 4.90 Å². The van der Waals surface area contributed by atoms with Crippen molar-refractivity contribution in [3.05, 3.63) is 65.9 Å². The quantitative estimate of drug-likeness (QED) is 0.501. The fourth-order valence-corrected chi connectivity index (χ4v) is 4.40. The maximum absolute atomic E-state index is 13.8. The van der Waals surface area contributed by atoms with E-state index in [-0.39, 0.29) is 23.1 Å². The van der Waals surface area contributed by atoms with Gasteiger partial charge in [-0.05, 0) is 68.1 Å². The summed E-state index contributed by atoms with van der Waals surface area (Å²) in [6.07, 6.45) is -2.61. The number of H-pyrrole nitrogens is 1. The molecule has 0 saturated carbocycles. The van der Waals surface area contributed by atoms with Crippen molar-refractivity contribution in [1.29, 1.82) is 0 Å². The lowest BCUT2D eigenvalue weighted by Crippen LogP contribution is -2.47. The van der Waals surface area contributed by atoms with Gasteiger partial charge in [0, 0.05) is 24.0 Å². The van der Waals surface area contributed by atoms with Crippen molar-refractivity contribution in [3.63, 3.8) is 0 Å². The number of benzene rings is 2. The molecule has 2 aromatic carbocycles. The maximum Gasteiger partial charge on any atom is 0.487 e. The zero-order valence-corrected chi connectivity index (χ0v) is 18.6. The number of ether oxygens (including phenoxy) is 1. The van der Waals surface area contributed by atoms with E-state index >= 15 is 0 Å². The predicted octanol–water partition coefficient (Wildman–Crippen LogP) is 5.09. The molecule has 1 N–H and O–H groups in total. The minimum atomic E-state index is -4.72. The number of para-hydroxylation sites is 1. The fourth-order valence-electron chi connectivity index (χ4n) is 4.40. The highest BCUT2D eigenvalue weighted by atomic mass is 19.4. The molecule has 0 unspecified atom stereocenters. The van der Waals surface area contributed by atoms with Crippen molar-refractivity contribution >= 4 is 16.8 Å². The summed E-state index contributed by atoms with van der Waals surface area (Å²) in [4.78, 5) is 17.9. The van der Waals surface area contributed by atoms with Crippen LogP contribution in [0.4, 0.5) is 13.2 Å². The lowest BCUT2D eigenvalue weighted by molar-refractivity contribution is -0.228. The van der Waals surface area contributed by atoms with Gasteiger partial charge in [-0.3, -0.25) is 4.79 Å². The first-order chi connectivity index (χ1) is 15.8. The molecule has 1 fully saturated rings. The molecule has 0 atom stereocenters. The Morgan fingerprint density at radius 2 is 1.88 bits per heavy atom. The Labute approximate surface area is 191 Å². The molecule has 0 aliphatic carbocycles. The van der Waals surface area contributed by atoms with Crippen LogP contribution in [0, 0.1) is 5.92 Å². The largest absolute Gasteiger partial charge is 0.497 e. The minimum absolute atomic E-state index is 0.0377. The van der Waals surface area contributed by atoms with Gasteiger partial charge >= 0.3 is 6.30 Å². The van der Waals surface area contributed by atoms with Crippen LogP contribution < -0.4 is 4.74 Å². The SMILES string of the molecule is COc1cccc(CCN2CCC(CN(C(=O)c3cc4ccccc4[nH]3)C(F)(F)F)CC2)c1. The molecular weight excluding hydrogens is 431 g/mol. The van der Waals surface area contributed by atoms with Gasteiger partial charge in [0.25, 0.3) is 5.91 Å². The van der Waals surface area contributed by atoms with E-state index in [9.17, 15) is 18.0 Å². The highest BCUT2D eigenvalue weighted by molar-refractivity contribution is 5.98. The Morgan fingerprint density at radius 1 is 1.12 bits per heavy atom. The van der Waals surface area contributed by atoms with E-state index in [1.54, 1.807) is 31.4 Å². The number of nitrogens with zero attached hydrogens (tertiary/aromatic N) is 2. The number of likely N-dealkylation sites (tertiary alicyclic amines) is 1. The van der Waals surface area contributed by atoms with Gasteiger partial charge in [-0.1, -0.05) is 30.3 Å². The van der Waals surface area contributed by atoms with Gasteiger partial charge in [0.2, 0.25) is 0 Å². The van der Waals surface area contributed by atoms with E-state index in [2.05, 4.69) is 9.88 Å². The van der Waals surface area contributed by atoms with Crippen LogP contribution in [0.5, 0.6) is 5.75 Å². The second-order valence-corrected chi connectivity index (χ2v) is 8.54. The number of methoxy groups -OCH3 is 1. The topological polar surface area (TPSA) is 48.6 Å². The molecule has 2 heterocycles. The van der Waals surface area contributed by atoms with Crippen LogP contribution in [-0.4, -0.2) is 60.3 Å². The number of carbonyl (C=O) groups excluding carboxylic acids is 1. The molecule has 1 aliphatic heterocycles. The summed E-state index contributed by atoms with van der Waals surface area (Å²) < 4.78 is 46.6. The van der Waals surface area contributed by atoms with Crippen LogP contribution in [0.15, 0.2) is 54.6 Å². The van der Waals surface area contributed by atoms with E-state index < -0.39 is 12.2 Å². The van der Waals surface area contributed by atoms with Gasteiger partial charge in [-0.2, -0.15) is 0 Å². The maximum atomic E-state index is 13.8. The summed E-state index contributed by atoms with van der Waals surface area (Å²) >= 11 is 0. The number of fused-ring (bicyclic) bond motifs is 1. The molecular formula is C25H28F3N3O2. The van der Waals surface area contributed by atoms with Crippen molar-refractivity contribution in [2.45, 2.75) is 25.6 Å². The first kappa shape index (κ1) is 23.2. The lowest BCUT2D eigenvalue weighted by atomic mass is 9.95. The van der Waals surface area contributed by atoms with Crippen LogP contribution in [0.1, 0.15) is 28.9 Å². The van der Waals surface area contributed by atoms with Gasteiger partial charge in [0.05, 0.1) is 7.11 Å². The van der Waals surface area contributed by atoms with Crippen molar-refractivity contribution in [2.24, 2.45) is 5.92 Å². The highest BCUT2D eigenvalue weighted by Gasteiger charge is 2.43. The number of aromatic nitrogens is 1. The smallest absolute Gasteiger partial charge is 0.487 e. The van der Waals surface area contributed by atoms with Crippen molar-refractivity contribution in [2.75, 3.05) is 33.3 Å². The second kappa shape index (κ2) is 9.87. The summed E-state index contributed by atoms with van der Waals surface area (Å²) in [5.41, 5.74) is 1.78. The summed E-state index contributed by atoms with van der Waals surface area (Å²) in [6, 6.07) is 16.5. The highest BCUT2D eigenvalue weighted by Crippen LogP contribution is 2.29. The minimum Gasteiger partial charge on any atom is -0.497 e. The van der Waals surface area contributed by atoms with Crippen LogP contribution in [-0.2, 0) is 6.42 Å². The number of nitrogens with one attached hydrogen (secondary N) is 1. The zero-order chi connectivity index (χ0) is 23.4. The van der Waals surface area contributed by atoms with Gasteiger partial charge in [0.1, 0.15) is 11.4 Å². The number of rotatable bonds is 7. The number of halogens is 3. The number of aromatic amines is 1. The van der Waals surface area contributed by atoms with Crippen molar-refractivity contribution < 1.29 is 22.7 Å². The van der Waals surface area contributed by atoms with E-state index in [0.29, 0.717) is 23.7 Å². The first-order valence-corrected chi connectivity index (χ1v) is 11.1. The van der Waals surface area contributed by atoms with Crippen LogP contribution in [0.25, 0.3) is 10.9 Å². The number of carbonyl (C=O) groups is 1. The van der Waals surface area contributed by atoms with Gasteiger partial charge < -0.3 is 14.6 Å². The molecule has 4 rings (SSSR count). The predicted molar refractivity (Wildman–Crippen MR) is 121 cm³/mol. The Balaban J connectivity index is 1.34. The molecule has 0 spiro atoms. The van der Waals surface area contributed by atoms with Crippen molar-refractivity contribution in [1.82, 2.24) is 14.8 Å². The Morgan fingerprint density at radius 3 is 2.58 bits per heavy atom. The summed E-state index contributed by atoms with van der Waals surface area (Å²) in [6.45, 7) is 1.97. The van der Waals surface area contributed by atoms with Gasteiger partial charge in [-0.15, -0.1) is 13.2 Å². The number of alkyl halides is 3. The number of piperidine rings is 1. The van der Waals surface area contributed by atoms with Crippen LogP contribution >= 0.6 is 0 Å². The molecule has 33 heavy (non-hydrogen) atoms. The molecule has 0 bridgehead atoms. The summed E-state index contributed by atoms with van der Waals surface area (Å²) in [5, 5.41) is 0.715. The Bertz CT molecular complexity index is 1050. The normalized spacial score (nSPS) is 15.6. The van der Waals surface area contributed by atoms with E-state index in [1.165, 1.54) is 11.6 Å². The number of hydrogen-bond acceptors (Lipinski definition) is 3. The molecule has 1 aliphatic rings. The Kier molecular flexibility index (Phi) is 6.93. The molecule has 176 valence electrons. The molecule has 3 aromatic rings. The monoisotopic (exact) mass is 459 g/mol. The lowest BCUT2D eigenvalue weighted by Gasteiger charge is -2.35. The summed E-state index contributed by atoms with van der Waals surface area (Å²) in [5.74, 6) is -0.398. The number of amides is 1. The number of hydrogen-bond donors (Lipinski definition) is 1. The van der Waals surface area contributed by atoms with E-state index in [0.717, 1.165) is 31.8 Å². The third-order valence-electron chi connectivity index (χ3n) is 6.31. The Hall–Kier alpha value is -3.00. The van der Waals surface area contributed by atoms with Crippen molar-refractivity contribution in [3.8, 4) is 5.75 Å². The van der Waals surface area contributed by atoms with Crippen LogP contribution in [0.3, 0.4) is 0 Å².